The van der Waals surface area contributed by atoms with Crippen LogP contribution in [0.2, 0.25) is 0 Å². The van der Waals surface area contributed by atoms with E-state index in [1.165, 1.54) is 0 Å². The molecule has 2 saturated heterocycles. The Bertz CT molecular complexity index is 156. The predicted molar refractivity (Wildman–Crippen MR) is 48.0 cm³/mol. The molecule has 4 heteroatoms. The molecule has 1 atom stereocenters. The lowest BCUT2D eigenvalue weighted by atomic mass is 10.2. The first-order valence-corrected chi connectivity index (χ1v) is 5.51. The van der Waals surface area contributed by atoms with Crippen molar-refractivity contribution in [2.45, 2.75) is 18.9 Å². The highest BCUT2D eigenvalue weighted by molar-refractivity contribution is 7.99. The number of amides is 1. The van der Waals surface area contributed by atoms with Crippen LogP contribution in [0.3, 0.4) is 0 Å². The number of ether oxygens (including phenoxy) is 1. The normalized spacial score (nSPS) is 29.7. The van der Waals surface area contributed by atoms with Crippen LogP contribution in [0.15, 0.2) is 0 Å². The summed E-state index contributed by atoms with van der Waals surface area (Å²) in [5.41, 5.74) is 0. The summed E-state index contributed by atoms with van der Waals surface area (Å²) >= 11 is 1.82. The number of hydrogen-bond donors (Lipinski definition) is 0. The lowest BCUT2D eigenvalue weighted by molar-refractivity contribution is -0.139. The van der Waals surface area contributed by atoms with E-state index in [4.69, 9.17) is 4.74 Å². The molecule has 3 nitrogen and oxygen atoms in total. The molecule has 0 aromatic carbocycles. The molecule has 2 aliphatic rings. The van der Waals surface area contributed by atoms with Crippen molar-refractivity contribution in [3.8, 4) is 0 Å². The largest absolute Gasteiger partial charge is 0.368 e. The van der Waals surface area contributed by atoms with Gasteiger partial charge in [-0.2, -0.15) is 0 Å². The van der Waals surface area contributed by atoms with Crippen LogP contribution >= 0.6 is 11.8 Å². The number of carbonyl (C=O) groups is 1. The third-order valence-corrected chi connectivity index (χ3v) is 3.23. The summed E-state index contributed by atoms with van der Waals surface area (Å²) in [4.78, 5) is 13.5. The highest BCUT2D eigenvalue weighted by atomic mass is 32.2. The maximum atomic E-state index is 11.6. The van der Waals surface area contributed by atoms with Crippen molar-refractivity contribution >= 4 is 17.7 Å². The monoisotopic (exact) mass is 187 g/mol. The first kappa shape index (κ1) is 8.38. The van der Waals surface area contributed by atoms with Gasteiger partial charge in [-0.25, -0.2) is 0 Å². The summed E-state index contributed by atoms with van der Waals surface area (Å²) in [5.74, 6) is 2.15. The minimum absolute atomic E-state index is 0.122. The maximum absolute atomic E-state index is 11.6. The summed E-state index contributed by atoms with van der Waals surface area (Å²) in [6.07, 6.45) is 1.83. The van der Waals surface area contributed by atoms with Crippen molar-refractivity contribution in [1.29, 1.82) is 0 Å². The SMILES string of the molecule is O=C([C@@H]1CCCO1)N1CCSC1. The molecule has 0 saturated carbocycles. The zero-order valence-electron chi connectivity index (χ0n) is 6.99. The summed E-state index contributed by atoms with van der Waals surface area (Å²) in [6.45, 7) is 1.67. The van der Waals surface area contributed by atoms with Gasteiger partial charge in [0.2, 0.25) is 0 Å². The van der Waals surface area contributed by atoms with Crippen LogP contribution in [0, 0.1) is 0 Å². The molecule has 0 aromatic heterocycles. The summed E-state index contributed by atoms with van der Waals surface area (Å²) in [5, 5.41) is 0. The van der Waals surface area contributed by atoms with E-state index in [1.807, 2.05) is 16.7 Å². The topological polar surface area (TPSA) is 29.5 Å². The van der Waals surface area contributed by atoms with Gasteiger partial charge in [-0.05, 0) is 12.8 Å². The smallest absolute Gasteiger partial charge is 0.252 e. The van der Waals surface area contributed by atoms with Crippen LogP contribution in [0.25, 0.3) is 0 Å². The van der Waals surface area contributed by atoms with E-state index in [1.54, 1.807) is 0 Å². The zero-order chi connectivity index (χ0) is 8.39. The Hall–Kier alpha value is -0.220. The van der Waals surface area contributed by atoms with E-state index in [2.05, 4.69) is 0 Å². The quantitative estimate of drug-likeness (QED) is 0.605. The summed E-state index contributed by atoms with van der Waals surface area (Å²) in [6, 6.07) is 0. The fourth-order valence-corrected chi connectivity index (χ4v) is 2.52. The Labute approximate surface area is 76.4 Å². The standard InChI is InChI=1S/C8H13NO2S/c10-8(7-2-1-4-11-7)9-3-5-12-6-9/h7H,1-6H2/t7-/m0/s1. The van der Waals surface area contributed by atoms with Crippen molar-refractivity contribution in [2.75, 3.05) is 24.8 Å². The van der Waals surface area contributed by atoms with Gasteiger partial charge >= 0.3 is 0 Å². The molecule has 68 valence electrons. The van der Waals surface area contributed by atoms with Crippen LogP contribution < -0.4 is 0 Å². The third kappa shape index (κ3) is 1.59. The van der Waals surface area contributed by atoms with Gasteiger partial charge < -0.3 is 9.64 Å². The van der Waals surface area contributed by atoms with Gasteiger partial charge in [-0.15, -0.1) is 11.8 Å². The third-order valence-electron chi connectivity index (χ3n) is 2.27. The maximum Gasteiger partial charge on any atom is 0.252 e. The molecule has 2 fully saturated rings. The fraction of sp³-hybridized carbons (Fsp3) is 0.875. The van der Waals surface area contributed by atoms with Gasteiger partial charge in [0.05, 0.1) is 5.88 Å². The summed E-state index contributed by atoms with van der Waals surface area (Å²) < 4.78 is 5.33. The van der Waals surface area contributed by atoms with Crippen molar-refractivity contribution in [1.82, 2.24) is 4.90 Å². The van der Waals surface area contributed by atoms with Gasteiger partial charge in [0.1, 0.15) is 6.10 Å². The Balaban J connectivity index is 1.89. The number of nitrogens with zero attached hydrogens (tertiary/aromatic N) is 1. The number of thioether (sulfide) groups is 1. The molecule has 12 heavy (non-hydrogen) atoms. The molecular weight excluding hydrogens is 174 g/mol. The lowest BCUT2D eigenvalue weighted by Crippen LogP contribution is -2.36. The van der Waals surface area contributed by atoms with E-state index in [0.717, 1.165) is 37.6 Å². The highest BCUT2D eigenvalue weighted by Crippen LogP contribution is 2.19. The van der Waals surface area contributed by atoms with Crippen LogP contribution in [0.5, 0.6) is 0 Å². The van der Waals surface area contributed by atoms with Gasteiger partial charge in [0.25, 0.3) is 5.91 Å². The molecular formula is C8H13NO2S. The lowest BCUT2D eigenvalue weighted by Gasteiger charge is -2.18. The molecule has 0 bridgehead atoms. The molecule has 0 radical (unpaired) electrons. The second-order valence-corrected chi connectivity index (χ2v) is 4.22. The molecule has 0 aromatic rings. The first-order chi connectivity index (χ1) is 5.88. The highest BCUT2D eigenvalue weighted by Gasteiger charge is 2.29. The van der Waals surface area contributed by atoms with Crippen molar-refractivity contribution < 1.29 is 9.53 Å². The van der Waals surface area contributed by atoms with Crippen LogP contribution in [-0.4, -0.2) is 41.7 Å². The molecule has 0 spiro atoms. The van der Waals surface area contributed by atoms with Gasteiger partial charge in [0, 0.05) is 18.9 Å². The molecule has 1 amide bonds. The van der Waals surface area contributed by atoms with E-state index < -0.39 is 0 Å². The number of hydrogen-bond acceptors (Lipinski definition) is 3. The Morgan fingerprint density at radius 1 is 1.58 bits per heavy atom. The number of rotatable bonds is 1. The fourth-order valence-electron chi connectivity index (χ4n) is 1.56. The Morgan fingerprint density at radius 2 is 2.50 bits per heavy atom. The average molecular weight is 187 g/mol. The molecule has 2 heterocycles. The predicted octanol–water partition coefficient (Wildman–Crippen LogP) is 0.698. The van der Waals surface area contributed by atoms with Gasteiger partial charge in [0.15, 0.2) is 0 Å². The van der Waals surface area contributed by atoms with Crippen molar-refractivity contribution in [2.24, 2.45) is 0 Å². The van der Waals surface area contributed by atoms with Crippen molar-refractivity contribution in [3.05, 3.63) is 0 Å². The van der Waals surface area contributed by atoms with Gasteiger partial charge in [-0.1, -0.05) is 0 Å². The van der Waals surface area contributed by atoms with Crippen LogP contribution in [0.4, 0.5) is 0 Å². The molecule has 2 rings (SSSR count). The first-order valence-electron chi connectivity index (χ1n) is 4.36. The second kappa shape index (κ2) is 3.66. The molecule has 0 aliphatic carbocycles. The molecule has 0 N–H and O–H groups in total. The minimum atomic E-state index is -0.122. The average Bonchev–Trinajstić information content (AvgIpc) is 2.77. The van der Waals surface area contributed by atoms with Crippen LogP contribution in [-0.2, 0) is 9.53 Å². The van der Waals surface area contributed by atoms with E-state index in [9.17, 15) is 4.79 Å². The second-order valence-electron chi connectivity index (χ2n) is 3.14. The van der Waals surface area contributed by atoms with E-state index in [0.29, 0.717) is 0 Å². The molecule has 0 unspecified atom stereocenters. The Kier molecular flexibility index (Phi) is 2.56. The van der Waals surface area contributed by atoms with E-state index >= 15 is 0 Å². The number of carbonyl (C=O) groups excluding carboxylic acids is 1. The summed E-state index contributed by atoms with van der Waals surface area (Å²) in [7, 11) is 0. The minimum Gasteiger partial charge on any atom is -0.368 e. The van der Waals surface area contributed by atoms with E-state index in [-0.39, 0.29) is 12.0 Å². The van der Waals surface area contributed by atoms with Crippen LogP contribution in [0.1, 0.15) is 12.8 Å². The van der Waals surface area contributed by atoms with Crippen molar-refractivity contribution in [3.63, 3.8) is 0 Å². The zero-order valence-corrected chi connectivity index (χ0v) is 7.81. The Morgan fingerprint density at radius 3 is 3.08 bits per heavy atom. The molecule has 2 aliphatic heterocycles. The van der Waals surface area contributed by atoms with Gasteiger partial charge in [-0.3, -0.25) is 4.79 Å².